The number of thioether (sulfide) groups is 1. The second kappa shape index (κ2) is 7.32. The van der Waals surface area contributed by atoms with Crippen LogP contribution in [0.4, 0.5) is 0 Å². The van der Waals surface area contributed by atoms with Crippen molar-refractivity contribution in [1.82, 2.24) is 19.6 Å². The maximum Gasteiger partial charge on any atom is 0.253 e. The highest BCUT2D eigenvalue weighted by atomic mass is 32.2. The lowest BCUT2D eigenvalue weighted by molar-refractivity contribution is 0.0989. The molecule has 2 heterocycles. The molecule has 0 fully saturated rings. The van der Waals surface area contributed by atoms with Crippen LogP contribution in [0.3, 0.4) is 0 Å². The summed E-state index contributed by atoms with van der Waals surface area (Å²) in [6.45, 7) is 4.04. The van der Waals surface area contributed by atoms with Crippen LogP contribution < -0.4 is 0 Å². The Bertz CT molecular complexity index is 1050. The van der Waals surface area contributed by atoms with E-state index in [9.17, 15) is 4.79 Å². The molecule has 0 aliphatic rings. The quantitative estimate of drug-likeness (QED) is 0.381. The molecule has 6 heteroatoms. The van der Waals surface area contributed by atoms with E-state index in [1.54, 1.807) is 23.0 Å². The summed E-state index contributed by atoms with van der Waals surface area (Å²) in [4.78, 5) is 21.9. The molecular weight excluding hydrogens is 356 g/mol. The summed E-state index contributed by atoms with van der Waals surface area (Å²) in [5.74, 6) is 0.557. The number of benzene rings is 2. The highest BCUT2D eigenvalue weighted by Gasteiger charge is 2.25. The van der Waals surface area contributed by atoms with Crippen LogP contribution in [0.25, 0.3) is 5.78 Å². The number of carbonyl (C=O) groups excluding carboxylic acids is 1. The summed E-state index contributed by atoms with van der Waals surface area (Å²) >= 11 is 1.35. The van der Waals surface area contributed by atoms with E-state index in [-0.39, 0.29) is 5.78 Å². The van der Waals surface area contributed by atoms with Crippen LogP contribution in [0, 0.1) is 13.8 Å². The SMILES string of the molecule is Cc1ccc(C(=O)C(Sc2nc3ncccn3n2)c2ccc(C)cc2)cc1. The average molecular weight is 374 g/mol. The van der Waals surface area contributed by atoms with Gasteiger partial charge in [-0.1, -0.05) is 71.4 Å². The molecule has 1 unspecified atom stereocenters. The first-order valence-electron chi connectivity index (χ1n) is 8.62. The number of rotatable bonds is 5. The van der Waals surface area contributed by atoms with Gasteiger partial charge < -0.3 is 0 Å². The first kappa shape index (κ1) is 17.4. The maximum atomic E-state index is 13.3. The van der Waals surface area contributed by atoms with Crippen molar-refractivity contribution in [3.05, 3.63) is 89.2 Å². The third-order valence-electron chi connectivity index (χ3n) is 4.27. The molecule has 0 saturated heterocycles. The smallest absolute Gasteiger partial charge is 0.253 e. The molecule has 5 nitrogen and oxygen atoms in total. The van der Waals surface area contributed by atoms with Crippen molar-refractivity contribution in [2.75, 3.05) is 0 Å². The van der Waals surface area contributed by atoms with Gasteiger partial charge in [0.15, 0.2) is 5.78 Å². The molecule has 0 saturated carbocycles. The van der Waals surface area contributed by atoms with Gasteiger partial charge >= 0.3 is 0 Å². The fraction of sp³-hybridized carbons (Fsp3) is 0.143. The van der Waals surface area contributed by atoms with E-state index < -0.39 is 5.25 Å². The molecule has 27 heavy (non-hydrogen) atoms. The van der Waals surface area contributed by atoms with Crippen LogP contribution in [0.2, 0.25) is 0 Å². The van der Waals surface area contributed by atoms with Gasteiger partial charge in [0.05, 0.1) is 0 Å². The third kappa shape index (κ3) is 3.75. The second-order valence-corrected chi connectivity index (χ2v) is 7.47. The van der Waals surface area contributed by atoms with Crippen molar-refractivity contribution in [1.29, 1.82) is 0 Å². The summed E-state index contributed by atoms with van der Waals surface area (Å²) in [6.07, 6.45) is 3.47. The van der Waals surface area contributed by atoms with Gasteiger partial charge in [-0.2, -0.15) is 4.98 Å². The number of fused-ring (bicyclic) bond motifs is 1. The van der Waals surface area contributed by atoms with Gasteiger partial charge in [-0.05, 0) is 25.5 Å². The number of ketones is 1. The minimum Gasteiger partial charge on any atom is -0.293 e. The summed E-state index contributed by atoms with van der Waals surface area (Å²) in [5.41, 5.74) is 3.89. The van der Waals surface area contributed by atoms with Crippen molar-refractivity contribution in [3.8, 4) is 0 Å². The summed E-state index contributed by atoms with van der Waals surface area (Å²) < 4.78 is 1.62. The van der Waals surface area contributed by atoms with Gasteiger partial charge in [0.1, 0.15) is 5.25 Å². The molecule has 0 aliphatic heterocycles. The Hall–Kier alpha value is -2.99. The number of hydrogen-bond donors (Lipinski definition) is 0. The molecule has 4 rings (SSSR count). The monoisotopic (exact) mass is 374 g/mol. The van der Waals surface area contributed by atoms with Crippen LogP contribution in [-0.2, 0) is 0 Å². The summed E-state index contributed by atoms with van der Waals surface area (Å²) in [7, 11) is 0. The van der Waals surface area contributed by atoms with Crippen molar-refractivity contribution in [2.45, 2.75) is 24.3 Å². The van der Waals surface area contributed by atoms with E-state index in [0.29, 0.717) is 16.5 Å². The fourth-order valence-corrected chi connectivity index (χ4v) is 3.77. The van der Waals surface area contributed by atoms with Crippen LogP contribution >= 0.6 is 11.8 Å². The Morgan fingerprint density at radius 2 is 1.67 bits per heavy atom. The Balaban J connectivity index is 1.71. The summed E-state index contributed by atoms with van der Waals surface area (Å²) in [5, 5.41) is 4.54. The minimum atomic E-state index is -0.425. The van der Waals surface area contributed by atoms with Gasteiger partial charge in [-0.25, -0.2) is 9.50 Å². The zero-order valence-electron chi connectivity index (χ0n) is 15.0. The number of nitrogens with zero attached hydrogens (tertiary/aromatic N) is 4. The van der Waals surface area contributed by atoms with Gasteiger partial charge in [0.2, 0.25) is 5.16 Å². The van der Waals surface area contributed by atoms with E-state index in [4.69, 9.17) is 0 Å². The number of carbonyl (C=O) groups is 1. The van der Waals surface area contributed by atoms with Crippen molar-refractivity contribution < 1.29 is 4.79 Å². The van der Waals surface area contributed by atoms with Crippen LogP contribution in [0.1, 0.15) is 32.3 Å². The minimum absolute atomic E-state index is 0.0377. The van der Waals surface area contributed by atoms with Crippen molar-refractivity contribution >= 4 is 23.3 Å². The number of Topliss-reactive ketones (excluding diaryl/α,β-unsaturated/α-hetero) is 1. The Morgan fingerprint density at radius 1 is 1.00 bits per heavy atom. The van der Waals surface area contributed by atoms with E-state index >= 15 is 0 Å². The van der Waals surface area contributed by atoms with Crippen molar-refractivity contribution in [3.63, 3.8) is 0 Å². The number of aryl methyl sites for hydroxylation is 2. The van der Waals surface area contributed by atoms with Crippen LogP contribution in [0.15, 0.2) is 72.1 Å². The zero-order chi connectivity index (χ0) is 18.8. The van der Waals surface area contributed by atoms with E-state index in [2.05, 4.69) is 15.1 Å². The molecule has 134 valence electrons. The molecule has 4 aromatic rings. The van der Waals surface area contributed by atoms with Crippen molar-refractivity contribution in [2.24, 2.45) is 0 Å². The molecule has 0 bridgehead atoms. The third-order valence-corrected chi connectivity index (χ3v) is 5.38. The first-order valence-corrected chi connectivity index (χ1v) is 9.49. The number of aromatic nitrogens is 4. The first-order chi connectivity index (χ1) is 13.1. The second-order valence-electron chi connectivity index (χ2n) is 6.40. The van der Waals surface area contributed by atoms with Gasteiger partial charge in [-0.15, -0.1) is 5.10 Å². The Labute approximate surface area is 161 Å². The standard InChI is InChI=1S/C21H18N4OS/c1-14-4-8-16(9-5-14)18(26)19(17-10-6-15(2)7-11-17)27-21-23-20-22-12-3-13-25(20)24-21/h3-13,19H,1-2H3. The topological polar surface area (TPSA) is 60.2 Å². The van der Waals surface area contributed by atoms with Gasteiger partial charge in [-0.3, -0.25) is 4.79 Å². The van der Waals surface area contributed by atoms with Crippen LogP contribution in [0.5, 0.6) is 0 Å². The van der Waals surface area contributed by atoms with E-state index in [0.717, 1.165) is 16.7 Å². The normalized spacial score (nSPS) is 12.2. The largest absolute Gasteiger partial charge is 0.293 e. The van der Waals surface area contributed by atoms with E-state index in [1.165, 1.54) is 11.8 Å². The highest BCUT2D eigenvalue weighted by Crippen LogP contribution is 2.36. The molecule has 0 aliphatic carbocycles. The van der Waals surface area contributed by atoms with E-state index in [1.807, 2.05) is 62.4 Å². The van der Waals surface area contributed by atoms with Gasteiger partial charge in [0.25, 0.3) is 5.78 Å². The predicted octanol–water partition coefficient (Wildman–Crippen LogP) is 4.46. The highest BCUT2D eigenvalue weighted by molar-refractivity contribution is 8.00. The Morgan fingerprint density at radius 3 is 2.33 bits per heavy atom. The maximum absolute atomic E-state index is 13.3. The number of hydrogen-bond acceptors (Lipinski definition) is 5. The lowest BCUT2D eigenvalue weighted by atomic mass is 10.0. The molecule has 1 atom stereocenters. The summed E-state index contributed by atoms with van der Waals surface area (Å²) in [6, 6.07) is 17.5. The molecule has 0 N–H and O–H groups in total. The lowest BCUT2D eigenvalue weighted by Crippen LogP contribution is -2.10. The lowest BCUT2D eigenvalue weighted by Gasteiger charge is -2.15. The van der Waals surface area contributed by atoms with Gasteiger partial charge in [0, 0.05) is 18.0 Å². The Kier molecular flexibility index (Phi) is 4.73. The van der Waals surface area contributed by atoms with Crippen LogP contribution in [-0.4, -0.2) is 25.4 Å². The molecule has 2 aromatic heterocycles. The average Bonchev–Trinajstić information content (AvgIpc) is 3.10. The molecule has 2 aromatic carbocycles. The molecule has 0 spiro atoms. The fourth-order valence-electron chi connectivity index (χ4n) is 2.75. The molecule has 0 radical (unpaired) electrons. The molecular formula is C21H18N4OS. The predicted molar refractivity (Wildman–Crippen MR) is 106 cm³/mol. The zero-order valence-corrected chi connectivity index (χ0v) is 15.9. The molecule has 0 amide bonds.